The Morgan fingerprint density at radius 2 is 1.76 bits per heavy atom. The molecular weight excluding hydrogens is 328 g/mol. The first-order chi connectivity index (χ1) is 11.6. The number of benzene rings is 1. The number of alkyl carbamates (subject to hydrolysis) is 1. The van der Waals surface area contributed by atoms with E-state index in [4.69, 9.17) is 4.74 Å². The van der Waals surface area contributed by atoms with Crippen molar-refractivity contribution in [2.24, 2.45) is 0 Å². The van der Waals surface area contributed by atoms with Gasteiger partial charge in [0.15, 0.2) is 0 Å². The van der Waals surface area contributed by atoms with E-state index < -0.39 is 29.6 Å². The molecule has 8 nitrogen and oxygen atoms in total. The van der Waals surface area contributed by atoms with Crippen LogP contribution >= 0.6 is 0 Å². The lowest BCUT2D eigenvalue weighted by Gasteiger charge is -2.23. The Morgan fingerprint density at radius 3 is 2.28 bits per heavy atom. The first-order valence-corrected chi connectivity index (χ1v) is 7.72. The molecule has 25 heavy (non-hydrogen) atoms. The molecule has 0 saturated heterocycles. The molecule has 0 unspecified atom stereocenters. The van der Waals surface area contributed by atoms with Crippen molar-refractivity contribution >= 4 is 18.0 Å². The molecule has 138 valence electrons. The van der Waals surface area contributed by atoms with Gasteiger partial charge in [-0.15, -0.1) is 0 Å². The fourth-order valence-electron chi connectivity index (χ4n) is 1.88. The fourth-order valence-corrected chi connectivity index (χ4v) is 1.88. The second-order valence-electron chi connectivity index (χ2n) is 6.36. The Morgan fingerprint density at radius 1 is 1.16 bits per heavy atom. The van der Waals surface area contributed by atoms with Crippen LogP contribution in [0.3, 0.4) is 0 Å². The van der Waals surface area contributed by atoms with E-state index in [1.165, 1.54) is 19.2 Å². The zero-order valence-electron chi connectivity index (χ0n) is 14.8. The van der Waals surface area contributed by atoms with Crippen LogP contribution in [0.1, 0.15) is 26.3 Å². The first-order valence-electron chi connectivity index (χ1n) is 7.72. The molecule has 1 aromatic rings. The summed E-state index contributed by atoms with van der Waals surface area (Å²) in [4.78, 5) is 35.4. The predicted molar refractivity (Wildman–Crippen MR) is 90.0 cm³/mol. The fraction of sp³-hybridized carbons (Fsp3) is 0.471. The lowest BCUT2D eigenvalue weighted by Crippen LogP contribution is -2.50. The molecule has 0 heterocycles. The quantitative estimate of drug-likeness (QED) is 0.661. The van der Waals surface area contributed by atoms with Gasteiger partial charge in [-0.05, 0) is 38.5 Å². The van der Waals surface area contributed by atoms with Gasteiger partial charge in [-0.2, -0.15) is 0 Å². The zero-order chi connectivity index (χ0) is 19.0. The maximum atomic E-state index is 12.3. The average molecular weight is 352 g/mol. The highest BCUT2D eigenvalue weighted by atomic mass is 16.6. The van der Waals surface area contributed by atoms with E-state index in [9.17, 15) is 19.5 Å². The van der Waals surface area contributed by atoms with Gasteiger partial charge in [-0.25, -0.2) is 4.79 Å². The molecular formula is C17H24N2O6. The lowest BCUT2D eigenvalue weighted by atomic mass is 10.1. The summed E-state index contributed by atoms with van der Waals surface area (Å²) >= 11 is 0. The van der Waals surface area contributed by atoms with E-state index in [2.05, 4.69) is 15.4 Å². The van der Waals surface area contributed by atoms with Crippen molar-refractivity contribution in [2.45, 2.75) is 38.8 Å². The molecule has 0 fully saturated rings. The number of phenolic OH excluding ortho intramolecular Hbond substituents is 1. The van der Waals surface area contributed by atoms with E-state index >= 15 is 0 Å². The smallest absolute Gasteiger partial charge is 0.408 e. The van der Waals surface area contributed by atoms with E-state index in [0.29, 0.717) is 5.56 Å². The summed E-state index contributed by atoms with van der Waals surface area (Å²) < 4.78 is 9.63. The molecule has 1 atom stereocenters. The highest BCUT2D eigenvalue weighted by molar-refractivity contribution is 5.88. The number of amides is 2. The average Bonchev–Trinajstić information content (AvgIpc) is 2.51. The first kappa shape index (κ1) is 20.3. The van der Waals surface area contributed by atoms with Gasteiger partial charge >= 0.3 is 12.1 Å². The minimum Gasteiger partial charge on any atom is -0.508 e. The molecule has 0 bridgehead atoms. The van der Waals surface area contributed by atoms with Gasteiger partial charge in [-0.3, -0.25) is 9.59 Å². The van der Waals surface area contributed by atoms with E-state index in [1.54, 1.807) is 32.9 Å². The molecule has 0 radical (unpaired) electrons. The lowest BCUT2D eigenvalue weighted by molar-refractivity contribution is -0.141. The monoisotopic (exact) mass is 352 g/mol. The van der Waals surface area contributed by atoms with Gasteiger partial charge in [0.25, 0.3) is 0 Å². The van der Waals surface area contributed by atoms with Crippen LogP contribution in [0.5, 0.6) is 5.75 Å². The highest BCUT2D eigenvalue weighted by Gasteiger charge is 2.25. The Bertz CT molecular complexity index is 607. The van der Waals surface area contributed by atoms with Crippen molar-refractivity contribution in [2.75, 3.05) is 13.7 Å². The number of phenols is 1. The van der Waals surface area contributed by atoms with Crippen LogP contribution in [0.25, 0.3) is 0 Å². The van der Waals surface area contributed by atoms with Gasteiger partial charge in [0, 0.05) is 6.42 Å². The summed E-state index contributed by atoms with van der Waals surface area (Å²) in [5.41, 5.74) is 0.00225. The largest absolute Gasteiger partial charge is 0.508 e. The summed E-state index contributed by atoms with van der Waals surface area (Å²) in [5, 5.41) is 14.2. The molecule has 2 amide bonds. The number of carbonyl (C=O) groups is 3. The number of rotatable bonds is 6. The number of methoxy groups -OCH3 is 1. The standard InChI is InChI=1S/C17H24N2O6/c1-17(2,3)25-16(23)19-13(15(22)18-10-14(21)24-4)9-11-5-7-12(20)8-6-11/h5-8,13,20H,9-10H2,1-4H3,(H,18,22)(H,19,23)/t13-/m0/s1. The Labute approximate surface area is 146 Å². The van der Waals surface area contributed by atoms with Gasteiger partial charge in [-0.1, -0.05) is 12.1 Å². The Kier molecular flexibility index (Phi) is 7.22. The molecule has 8 heteroatoms. The minimum atomic E-state index is -0.955. The van der Waals surface area contributed by atoms with Gasteiger partial charge in [0.1, 0.15) is 23.9 Å². The Balaban J connectivity index is 2.81. The number of ether oxygens (including phenoxy) is 2. The van der Waals surface area contributed by atoms with Crippen molar-refractivity contribution in [1.82, 2.24) is 10.6 Å². The second kappa shape index (κ2) is 8.91. The van der Waals surface area contributed by atoms with Crippen LogP contribution in [0.2, 0.25) is 0 Å². The summed E-state index contributed by atoms with van der Waals surface area (Å²) in [6.07, 6.45) is -0.587. The topological polar surface area (TPSA) is 114 Å². The number of carbonyl (C=O) groups excluding carboxylic acids is 3. The number of aromatic hydroxyl groups is 1. The van der Waals surface area contributed by atoms with E-state index in [-0.39, 0.29) is 18.7 Å². The number of nitrogens with one attached hydrogen (secondary N) is 2. The number of esters is 1. The molecule has 0 aliphatic rings. The third-order valence-corrected chi connectivity index (χ3v) is 3.02. The number of hydrogen-bond acceptors (Lipinski definition) is 6. The molecule has 0 saturated carbocycles. The molecule has 0 spiro atoms. The minimum absolute atomic E-state index is 0.0931. The molecule has 0 aromatic heterocycles. The third-order valence-electron chi connectivity index (χ3n) is 3.02. The van der Waals surface area contributed by atoms with Crippen molar-refractivity contribution < 1.29 is 29.0 Å². The third kappa shape index (κ3) is 8.05. The summed E-state index contributed by atoms with van der Waals surface area (Å²) in [5.74, 6) is -1.06. The molecule has 0 aliphatic carbocycles. The van der Waals surface area contributed by atoms with Crippen LogP contribution in [-0.4, -0.2) is 48.4 Å². The SMILES string of the molecule is COC(=O)CNC(=O)[C@H](Cc1ccc(O)cc1)NC(=O)OC(C)(C)C. The van der Waals surface area contributed by atoms with Crippen LogP contribution in [0, 0.1) is 0 Å². The van der Waals surface area contributed by atoms with E-state index in [0.717, 1.165) is 0 Å². The predicted octanol–water partition coefficient (Wildman–Crippen LogP) is 1.12. The Hall–Kier alpha value is -2.77. The van der Waals surface area contributed by atoms with Crippen LogP contribution < -0.4 is 10.6 Å². The van der Waals surface area contributed by atoms with Crippen LogP contribution in [0.4, 0.5) is 4.79 Å². The summed E-state index contributed by atoms with van der Waals surface area (Å²) in [7, 11) is 1.21. The van der Waals surface area contributed by atoms with Crippen molar-refractivity contribution in [3.05, 3.63) is 29.8 Å². The summed E-state index contributed by atoms with van der Waals surface area (Å²) in [6.45, 7) is 4.81. The second-order valence-corrected chi connectivity index (χ2v) is 6.36. The molecule has 1 rings (SSSR count). The number of hydrogen-bond donors (Lipinski definition) is 3. The maximum absolute atomic E-state index is 12.3. The molecule has 1 aromatic carbocycles. The molecule has 3 N–H and O–H groups in total. The summed E-state index contributed by atoms with van der Waals surface area (Å²) in [6, 6.07) is 5.27. The van der Waals surface area contributed by atoms with Gasteiger partial charge in [0.2, 0.25) is 5.91 Å². The normalized spacial score (nSPS) is 12.0. The van der Waals surface area contributed by atoms with Crippen LogP contribution in [0.15, 0.2) is 24.3 Å². The van der Waals surface area contributed by atoms with Crippen molar-refractivity contribution in [3.8, 4) is 5.75 Å². The van der Waals surface area contributed by atoms with Crippen molar-refractivity contribution in [3.63, 3.8) is 0 Å². The van der Waals surface area contributed by atoms with Gasteiger partial charge in [0.05, 0.1) is 7.11 Å². The van der Waals surface area contributed by atoms with Crippen LogP contribution in [-0.2, 0) is 25.5 Å². The van der Waals surface area contributed by atoms with Crippen molar-refractivity contribution in [1.29, 1.82) is 0 Å². The highest BCUT2D eigenvalue weighted by Crippen LogP contribution is 2.12. The molecule has 0 aliphatic heterocycles. The van der Waals surface area contributed by atoms with Gasteiger partial charge < -0.3 is 25.2 Å². The maximum Gasteiger partial charge on any atom is 0.408 e. The van der Waals surface area contributed by atoms with E-state index in [1.807, 2.05) is 0 Å². The zero-order valence-corrected chi connectivity index (χ0v) is 14.8.